The largest absolute Gasteiger partial charge is 0.406 e. The van der Waals surface area contributed by atoms with Crippen molar-refractivity contribution in [1.29, 1.82) is 0 Å². The standard InChI is InChI=1S/C13H17FN4O2/c1-9-3-4-10(14)11(7-9)16-13-18-17-12(20-13)8-15-5-6-19-2/h3-4,7,15H,5-6,8H2,1-2H3,(H,16,18). The van der Waals surface area contributed by atoms with Crippen LogP contribution in [0.15, 0.2) is 22.6 Å². The lowest BCUT2D eigenvalue weighted by Gasteiger charge is -2.03. The van der Waals surface area contributed by atoms with Gasteiger partial charge in [0.2, 0.25) is 5.89 Å². The lowest BCUT2D eigenvalue weighted by Crippen LogP contribution is -2.18. The van der Waals surface area contributed by atoms with E-state index in [0.717, 1.165) is 5.56 Å². The van der Waals surface area contributed by atoms with Gasteiger partial charge in [-0.15, -0.1) is 5.10 Å². The van der Waals surface area contributed by atoms with Crippen molar-refractivity contribution < 1.29 is 13.5 Å². The molecule has 0 bridgehead atoms. The van der Waals surface area contributed by atoms with Gasteiger partial charge in [-0.3, -0.25) is 0 Å². The molecule has 0 aliphatic carbocycles. The van der Waals surface area contributed by atoms with Crippen molar-refractivity contribution in [3.05, 3.63) is 35.5 Å². The first-order valence-electron chi connectivity index (χ1n) is 6.24. The maximum Gasteiger partial charge on any atom is 0.320 e. The quantitative estimate of drug-likeness (QED) is 0.756. The molecule has 0 radical (unpaired) electrons. The molecule has 20 heavy (non-hydrogen) atoms. The van der Waals surface area contributed by atoms with Crippen LogP contribution in [0.3, 0.4) is 0 Å². The van der Waals surface area contributed by atoms with Crippen molar-refractivity contribution in [2.24, 2.45) is 0 Å². The highest BCUT2D eigenvalue weighted by Gasteiger charge is 2.08. The van der Waals surface area contributed by atoms with Crippen LogP contribution in [-0.4, -0.2) is 30.5 Å². The zero-order chi connectivity index (χ0) is 14.4. The summed E-state index contributed by atoms with van der Waals surface area (Å²) in [6.07, 6.45) is 0. The number of rotatable bonds is 7. The molecule has 1 heterocycles. The fourth-order valence-electron chi connectivity index (χ4n) is 1.60. The lowest BCUT2D eigenvalue weighted by atomic mass is 10.2. The molecule has 0 aliphatic rings. The molecule has 0 amide bonds. The van der Waals surface area contributed by atoms with Crippen molar-refractivity contribution in [1.82, 2.24) is 15.5 Å². The summed E-state index contributed by atoms with van der Waals surface area (Å²) in [6, 6.07) is 4.93. The Bertz CT molecular complexity index is 559. The van der Waals surface area contributed by atoms with Crippen LogP contribution in [0, 0.1) is 12.7 Å². The number of anilines is 2. The van der Waals surface area contributed by atoms with Crippen LogP contribution in [0.2, 0.25) is 0 Å². The van der Waals surface area contributed by atoms with Gasteiger partial charge in [0.1, 0.15) is 5.82 Å². The van der Waals surface area contributed by atoms with Gasteiger partial charge in [-0.05, 0) is 24.6 Å². The maximum absolute atomic E-state index is 13.6. The van der Waals surface area contributed by atoms with Crippen LogP contribution in [0.5, 0.6) is 0 Å². The summed E-state index contributed by atoms with van der Waals surface area (Å²) >= 11 is 0. The predicted molar refractivity (Wildman–Crippen MR) is 72.3 cm³/mol. The van der Waals surface area contributed by atoms with Crippen molar-refractivity contribution in [3.63, 3.8) is 0 Å². The molecule has 0 saturated heterocycles. The molecule has 0 aliphatic heterocycles. The zero-order valence-corrected chi connectivity index (χ0v) is 11.4. The highest BCUT2D eigenvalue weighted by Crippen LogP contribution is 2.20. The van der Waals surface area contributed by atoms with Crippen molar-refractivity contribution in [2.45, 2.75) is 13.5 Å². The van der Waals surface area contributed by atoms with E-state index in [-0.39, 0.29) is 11.8 Å². The Kier molecular flexibility index (Phi) is 5.03. The van der Waals surface area contributed by atoms with Gasteiger partial charge in [0.25, 0.3) is 0 Å². The number of benzene rings is 1. The second-order valence-electron chi connectivity index (χ2n) is 4.28. The highest BCUT2D eigenvalue weighted by atomic mass is 19.1. The molecular formula is C13H17FN4O2. The minimum Gasteiger partial charge on any atom is -0.406 e. The minimum absolute atomic E-state index is 0.165. The van der Waals surface area contributed by atoms with Crippen LogP contribution in [-0.2, 0) is 11.3 Å². The van der Waals surface area contributed by atoms with Crippen LogP contribution in [0.1, 0.15) is 11.5 Å². The Balaban J connectivity index is 1.93. The monoisotopic (exact) mass is 280 g/mol. The maximum atomic E-state index is 13.6. The number of hydrogen-bond acceptors (Lipinski definition) is 6. The third-order valence-electron chi connectivity index (χ3n) is 2.59. The Labute approximate surface area is 116 Å². The Morgan fingerprint density at radius 1 is 1.35 bits per heavy atom. The number of ether oxygens (including phenoxy) is 1. The summed E-state index contributed by atoms with van der Waals surface area (Å²) < 4.78 is 23.8. The molecule has 2 rings (SSSR count). The number of hydrogen-bond donors (Lipinski definition) is 2. The molecule has 0 atom stereocenters. The summed E-state index contributed by atoms with van der Waals surface area (Å²) in [7, 11) is 1.63. The first kappa shape index (κ1) is 14.4. The van der Waals surface area contributed by atoms with Gasteiger partial charge in [-0.1, -0.05) is 11.2 Å². The molecule has 7 heteroatoms. The summed E-state index contributed by atoms with van der Waals surface area (Å²) in [5.74, 6) is 0.0604. The molecule has 0 unspecified atom stereocenters. The van der Waals surface area contributed by atoms with Crippen LogP contribution < -0.4 is 10.6 Å². The fraction of sp³-hybridized carbons (Fsp3) is 0.385. The minimum atomic E-state index is -0.367. The molecule has 0 fully saturated rings. The molecule has 1 aromatic heterocycles. The van der Waals surface area contributed by atoms with Crippen LogP contribution >= 0.6 is 0 Å². The van der Waals surface area contributed by atoms with Gasteiger partial charge in [0.05, 0.1) is 18.8 Å². The Morgan fingerprint density at radius 2 is 2.20 bits per heavy atom. The van der Waals surface area contributed by atoms with E-state index in [2.05, 4.69) is 20.8 Å². The van der Waals surface area contributed by atoms with E-state index in [1.54, 1.807) is 19.2 Å². The number of methoxy groups -OCH3 is 1. The van der Waals surface area contributed by atoms with Crippen LogP contribution in [0.4, 0.5) is 16.1 Å². The average Bonchev–Trinajstić information content (AvgIpc) is 2.87. The first-order valence-corrected chi connectivity index (χ1v) is 6.24. The van der Waals surface area contributed by atoms with Gasteiger partial charge in [-0.2, -0.15) is 0 Å². The lowest BCUT2D eigenvalue weighted by molar-refractivity contribution is 0.198. The van der Waals surface area contributed by atoms with E-state index in [4.69, 9.17) is 9.15 Å². The molecule has 6 nitrogen and oxygen atoms in total. The SMILES string of the molecule is COCCNCc1nnc(Nc2cc(C)ccc2F)o1. The van der Waals surface area contributed by atoms with Gasteiger partial charge >= 0.3 is 6.01 Å². The number of nitrogens with zero attached hydrogens (tertiary/aromatic N) is 2. The van der Waals surface area contributed by atoms with Crippen LogP contribution in [0.25, 0.3) is 0 Å². The second kappa shape index (κ2) is 6.97. The molecule has 0 saturated carbocycles. The molecule has 1 aromatic carbocycles. The first-order chi connectivity index (χ1) is 9.69. The topological polar surface area (TPSA) is 72.2 Å². The van der Waals surface area contributed by atoms with Crippen molar-refractivity contribution in [3.8, 4) is 0 Å². The Morgan fingerprint density at radius 3 is 3.00 bits per heavy atom. The van der Waals surface area contributed by atoms with E-state index in [1.165, 1.54) is 6.07 Å². The number of aromatic nitrogens is 2. The fourth-order valence-corrected chi connectivity index (χ4v) is 1.60. The summed E-state index contributed by atoms with van der Waals surface area (Å²) in [5.41, 5.74) is 1.25. The molecule has 108 valence electrons. The van der Waals surface area contributed by atoms with E-state index >= 15 is 0 Å². The van der Waals surface area contributed by atoms with Gasteiger partial charge in [0, 0.05) is 13.7 Å². The summed E-state index contributed by atoms with van der Waals surface area (Å²) in [6.45, 7) is 3.61. The number of nitrogens with one attached hydrogen (secondary N) is 2. The third-order valence-corrected chi connectivity index (χ3v) is 2.59. The molecule has 2 aromatic rings. The summed E-state index contributed by atoms with van der Waals surface area (Å²) in [4.78, 5) is 0. The van der Waals surface area contributed by atoms with Gasteiger partial charge in [-0.25, -0.2) is 4.39 Å². The molecule has 2 N–H and O–H groups in total. The molecular weight excluding hydrogens is 263 g/mol. The smallest absolute Gasteiger partial charge is 0.320 e. The van der Waals surface area contributed by atoms with E-state index < -0.39 is 0 Å². The normalized spacial score (nSPS) is 10.8. The molecule has 0 spiro atoms. The third kappa shape index (κ3) is 4.01. The van der Waals surface area contributed by atoms with E-state index in [1.807, 2.05) is 6.92 Å². The second-order valence-corrected chi connectivity index (χ2v) is 4.28. The van der Waals surface area contributed by atoms with E-state index in [9.17, 15) is 4.39 Å². The van der Waals surface area contributed by atoms with E-state index in [0.29, 0.717) is 31.3 Å². The number of aryl methyl sites for hydroxylation is 1. The zero-order valence-electron chi connectivity index (χ0n) is 11.4. The summed E-state index contributed by atoms with van der Waals surface area (Å²) in [5, 5.41) is 13.5. The van der Waals surface area contributed by atoms with Crippen molar-refractivity contribution >= 4 is 11.7 Å². The average molecular weight is 280 g/mol. The highest BCUT2D eigenvalue weighted by molar-refractivity contribution is 5.54. The van der Waals surface area contributed by atoms with Crippen molar-refractivity contribution in [2.75, 3.05) is 25.6 Å². The Hall–Kier alpha value is -1.99. The van der Waals surface area contributed by atoms with Gasteiger partial charge in [0.15, 0.2) is 0 Å². The predicted octanol–water partition coefficient (Wildman–Crippen LogP) is 2.00. The van der Waals surface area contributed by atoms with Gasteiger partial charge < -0.3 is 19.8 Å². The number of halogens is 1.